The summed E-state index contributed by atoms with van der Waals surface area (Å²) in [7, 11) is 0. The minimum absolute atomic E-state index is 0.0355. The molecule has 1 aliphatic heterocycles. The van der Waals surface area contributed by atoms with E-state index in [2.05, 4.69) is 27.4 Å². The standard InChI is InChI=1S/C25H29N5O2S/c1-18-8-9-21(14-19(18)2)27-23(31)16-29-10-12-30(13-11-29)24(32)22-17-33-25(28-22)26-15-20-6-4-3-5-7-20/h3-9,14,17H,10-13,15-16H2,1-2H3,(H,26,28)(H,27,31). The number of piperazine rings is 1. The summed E-state index contributed by atoms with van der Waals surface area (Å²) in [5.41, 5.74) is 4.81. The van der Waals surface area contributed by atoms with Crippen LogP contribution in [0, 0.1) is 13.8 Å². The van der Waals surface area contributed by atoms with Gasteiger partial charge in [0.15, 0.2) is 5.13 Å². The molecule has 1 aliphatic rings. The molecule has 1 aromatic heterocycles. The minimum atomic E-state index is -0.0572. The molecule has 0 bridgehead atoms. The van der Waals surface area contributed by atoms with Crippen molar-refractivity contribution >= 4 is 34.0 Å². The largest absolute Gasteiger partial charge is 0.357 e. The molecule has 1 saturated heterocycles. The van der Waals surface area contributed by atoms with E-state index in [9.17, 15) is 9.59 Å². The molecule has 0 saturated carbocycles. The van der Waals surface area contributed by atoms with Crippen molar-refractivity contribution in [1.29, 1.82) is 0 Å². The van der Waals surface area contributed by atoms with E-state index in [1.807, 2.05) is 60.4 Å². The van der Waals surface area contributed by atoms with Gasteiger partial charge in [-0.3, -0.25) is 14.5 Å². The molecule has 0 aliphatic carbocycles. The highest BCUT2D eigenvalue weighted by atomic mass is 32.1. The Morgan fingerprint density at radius 3 is 2.48 bits per heavy atom. The third-order valence-electron chi connectivity index (χ3n) is 5.83. The van der Waals surface area contributed by atoms with E-state index in [0.717, 1.165) is 16.4 Å². The molecule has 2 amide bonds. The van der Waals surface area contributed by atoms with Crippen molar-refractivity contribution in [2.24, 2.45) is 0 Å². The molecule has 4 rings (SSSR count). The number of thiazole rings is 1. The van der Waals surface area contributed by atoms with Crippen molar-refractivity contribution in [3.8, 4) is 0 Å². The molecule has 33 heavy (non-hydrogen) atoms. The second-order valence-electron chi connectivity index (χ2n) is 8.29. The summed E-state index contributed by atoms with van der Waals surface area (Å²) in [4.78, 5) is 33.7. The van der Waals surface area contributed by atoms with Crippen molar-refractivity contribution in [1.82, 2.24) is 14.8 Å². The van der Waals surface area contributed by atoms with Crippen LogP contribution in [-0.2, 0) is 11.3 Å². The number of carbonyl (C=O) groups is 2. The highest BCUT2D eigenvalue weighted by molar-refractivity contribution is 7.13. The second-order valence-corrected chi connectivity index (χ2v) is 9.15. The van der Waals surface area contributed by atoms with E-state index in [4.69, 9.17) is 0 Å². The van der Waals surface area contributed by atoms with Gasteiger partial charge in [0, 0.05) is 43.8 Å². The van der Waals surface area contributed by atoms with E-state index in [-0.39, 0.29) is 11.8 Å². The second kappa shape index (κ2) is 10.6. The van der Waals surface area contributed by atoms with E-state index in [1.165, 1.54) is 22.5 Å². The van der Waals surface area contributed by atoms with Crippen LogP contribution < -0.4 is 10.6 Å². The Morgan fingerprint density at radius 2 is 1.76 bits per heavy atom. The number of hydrogen-bond acceptors (Lipinski definition) is 6. The lowest BCUT2D eigenvalue weighted by Gasteiger charge is -2.33. The first-order valence-corrected chi connectivity index (χ1v) is 12.0. The molecule has 2 heterocycles. The summed E-state index contributed by atoms with van der Waals surface area (Å²) in [6, 6.07) is 16.0. The number of benzene rings is 2. The number of carbonyl (C=O) groups excluding carboxylic acids is 2. The van der Waals surface area contributed by atoms with Crippen LogP contribution in [0.3, 0.4) is 0 Å². The quantitative estimate of drug-likeness (QED) is 0.558. The number of nitrogens with one attached hydrogen (secondary N) is 2. The Hall–Kier alpha value is -3.23. The van der Waals surface area contributed by atoms with Crippen molar-refractivity contribution in [2.75, 3.05) is 43.4 Å². The lowest BCUT2D eigenvalue weighted by Crippen LogP contribution is -2.50. The summed E-state index contributed by atoms with van der Waals surface area (Å²) in [5.74, 6) is -0.0927. The molecule has 0 atom stereocenters. The van der Waals surface area contributed by atoms with Crippen LogP contribution in [0.4, 0.5) is 10.8 Å². The van der Waals surface area contributed by atoms with Gasteiger partial charge < -0.3 is 15.5 Å². The maximum Gasteiger partial charge on any atom is 0.273 e. The van der Waals surface area contributed by atoms with Crippen LogP contribution >= 0.6 is 11.3 Å². The SMILES string of the molecule is Cc1ccc(NC(=O)CN2CCN(C(=O)c3csc(NCc4ccccc4)n3)CC2)cc1C. The number of aryl methyl sites for hydroxylation is 2. The van der Waals surface area contributed by atoms with Crippen LogP contribution in [0.15, 0.2) is 53.9 Å². The Bertz CT molecular complexity index is 1110. The molecule has 2 N–H and O–H groups in total. The zero-order valence-electron chi connectivity index (χ0n) is 19.0. The van der Waals surface area contributed by atoms with Gasteiger partial charge in [0.2, 0.25) is 5.91 Å². The van der Waals surface area contributed by atoms with Crippen LogP contribution in [0.25, 0.3) is 0 Å². The molecule has 0 unspecified atom stereocenters. The van der Waals surface area contributed by atoms with Crippen LogP contribution in [-0.4, -0.2) is 59.3 Å². The predicted octanol–water partition coefficient (Wildman–Crippen LogP) is 3.77. The number of rotatable bonds is 7. The Balaban J connectivity index is 1.23. The summed E-state index contributed by atoms with van der Waals surface area (Å²) >= 11 is 1.44. The third-order valence-corrected chi connectivity index (χ3v) is 6.63. The lowest BCUT2D eigenvalue weighted by molar-refractivity contribution is -0.117. The molecule has 3 aromatic rings. The fourth-order valence-electron chi connectivity index (χ4n) is 3.72. The first kappa shape index (κ1) is 22.9. The molecule has 0 radical (unpaired) electrons. The molecule has 0 spiro atoms. The Kier molecular flexibility index (Phi) is 7.36. The third kappa shape index (κ3) is 6.18. The molecule has 2 aromatic carbocycles. The van der Waals surface area contributed by atoms with Crippen LogP contribution in [0.2, 0.25) is 0 Å². The summed E-state index contributed by atoms with van der Waals surface area (Å²) in [6.45, 7) is 7.57. The number of nitrogens with zero attached hydrogens (tertiary/aromatic N) is 3. The zero-order chi connectivity index (χ0) is 23.2. The van der Waals surface area contributed by atoms with Crippen molar-refractivity contribution in [3.63, 3.8) is 0 Å². The number of amides is 2. The topological polar surface area (TPSA) is 77.6 Å². The molecular formula is C25H29N5O2S. The van der Waals surface area contributed by atoms with E-state index >= 15 is 0 Å². The van der Waals surface area contributed by atoms with Crippen molar-refractivity contribution in [2.45, 2.75) is 20.4 Å². The van der Waals surface area contributed by atoms with Gasteiger partial charge in [-0.2, -0.15) is 0 Å². The van der Waals surface area contributed by atoms with Gasteiger partial charge in [-0.05, 0) is 42.7 Å². The lowest BCUT2D eigenvalue weighted by atomic mass is 10.1. The fraction of sp³-hybridized carbons (Fsp3) is 0.320. The average molecular weight is 464 g/mol. The number of anilines is 2. The van der Waals surface area contributed by atoms with Crippen LogP contribution in [0.5, 0.6) is 0 Å². The maximum atomic E-state index is 12.9. The van der Waals surface area contributed by atoms with Gasteiger partial charge in [0.25, 0.3) is 5.91 Å². The van der Waals surface area contributed by atoms with Gasteiger partial charge in [0.1, 0.15) is 5.69 Å². The zero-order valence-corrected chi connectivity index (χ0v) is 19.8. The summed E-state index contributed by atoms with van der Waals surface area (Å²) in [5, 5.41) is 8.79. The van der Waals surface area contributed by atoms with Gasteiger partial charge in [-0.15, -0.1) is 11.3 Å². The van der Waals surface area contributed by atoms with Gasteiger partial charge in [-0.1, -0.05) is 36.4 Å². The van der Waals surface area contributed by atoms with E-state index < -0.39 is 0 Å². The van der Waals surface area contributed by atoms with Gasteiger partial charge >= 0.3 is 0 Å². The van der Waals surface area contributed by atoms with Crippen molar-refractivity contribution < 1.29 is 9.59 Å². The van der Waals surface area contributed by atoms with Gasteiger partial charge in [-0.25, -0.2) is 4.98 Å². The van der Waals surface area contributed by atoms with E-state index in [0.29, 0.717) is 45.0 Å². The molecule has 1 fully saturated rings. The summed E-state index contributed by atoms with van der Waals surface area (Å²) in [6.07, 6.45) is 0. The predicted molar refractivity (Wildman–Crippen MR) is 133 cm³/mol. The first-order chi connectivity index (χ1) is 16.0. The Labute approximate surface area is 198 Å². The Morgan fingerprint density at radius 1 is 1.00 bits per heavy atom. The highest BCUT2D eigenvalue weighted by Gasteiger charge is 2.25. The normalized spacial score (nSPS) is 14.2. The highest BCUT2D eigenvalue weighted by Crippen LogP contribution is 2.19. The fourth-order valence-corrected chi connectivity index (χ4v) is 4.40. The average Bonchev–Trinajstić information content (AvgIpc) is 3.30. The smallest absolute Gasteiger partial charge is 0.273 e. The molecular weight excluding hydrogens is 434 g/mol. The van der Waals surface area contributed by atoms with Crippen LogP contribution in [0.1, 0.15) is 27.2 Å². The summed E-state index contributed by atoms with van der Waals surface area (Å²) < 4.78 is 0. The van der Waals surface area contributed by atoms with Crippen molar-refractivity contribution in [3.05, 3.63) is 76.3 Å². The molecule has 7 nitrogen and oxygen atoms in total. The maximum absolute atomic E-state index is 12.9. The number of hydrogen-bond donors (Lipinski definition) is 2. The monoisotopic (exact) mass is 463 g/mol. The van der Waals surface area contributed by atoms with Gasteiger partial charge in [0.05, 0.1) is 6.54 Å². The minimum Gasteiger partial charge on any atom is -0.357 e. The molecule has 172 valence electrons. The van der Waals surface area contributed by atoms with E-state index in [1.54, 1.807) is 5.38 Å². The molecule has 8 heteroatoms. The number of aromatic nitrogens is 1. The first-order valence-electron chi connectivity index (χ1n) is 11.1.